The quantitative estimate of drug-likeness (QED) is 0.516. The molecule has 0 aliphatic rings. The van der Waals surface area contributed by atoms with E-state index in [2.05, 4.69) is 111 Å². The van der Waals surface area contributed by atoms with Gasteiger partial charge in [-0.2, -0.15) is 0 Å². The van der Waals surface area contributed by atoms with Gasteiger partial charge in [-0.25, -0.2) is 0 Å². The van der Waals surface area contributed by atoms with Crippen LogP contribution in [-0.2, 0) is 5.41 Å². The van der Waals surface area contributed by atoms with Crippen molar-refractivity contribution < 1.29 is 0 Å². The largest absolute Gasteiger partial charge is 0.311 e. The van der Waals surface area contributed by atoms with Crippen molar-refractivity contribution in [2.24, 2.45) is 0 Å². The van der Waals surface area contributed by atoms with Crippen molar-refractivity contribution in [1.29, 1.82) is 0 Å². The Morgan fingerprint density at radius 2 is 1.04 bits per heavy atom. The lowest BCUT2D eigenvalue weighted by Crippen LogP contribution is -2.13. The van der Waals surface area contributed by atoms with Gasteiger partial charge in [0.1, 0.15) is 0 Å². The zero-order chi connectivity index (χ0) is 17.2. The van der Waals surface area contributed by atoms with Crippen LogP contribution in [0.1, 0.15) is 31.9 Å². The van der Waals surface area contributed by atoms with E-state index in [1.807, 2.05) is 0 Å². The average Bonchev–Trinajstić information content (AvgIpc) is 2.58. The number of rotatable bonds is 3. The van der Waals surface area contributed by atoms with Crippen LogP contribution in [0.25, 0.3) is 0 Å². The third kappa shape index (κ3) is 3.51. The third-order valence-corrected chi connectivity index (χ3v) is 4.30. The summed E-state index contributed by atoms with van der Waals surface area (Å²) in [7, 11) is 0. The molecule has 24 heavy (non-hydrogen) atoms. The van der Waals surface area contributed by atoms with E-state index in [0.717, 1.165) is 0 Å². The molecule has 0 atom stereocenters. The molecule has 1 heteroatoms. The summed E-state index contributed by atoms with van der Waals surface area (Å²) in [6.07, 6.45) is 0. The number of hydrogen-bond acceptors (Lipinski definition) is 1. The van der Waals surface area contributed by atoms with Crippen molar-refractivity contribution in [3.8, 4) is 0 Å². The molecule has 0 amide bonds. The molecule has 3 aromatic rings. The summed E-state index contributed by atoms with van der Waals surface area (Å²) in [5.74, 6) is 0. The summed E-state index contributed by atoms with van der Waals surface area (Å²) >= 11 is 0. The van der Waals surface area contributed by atoms with Crippen molar-refractivity contribution in [3.63, 3.8) is 0 Å². The minimum Gasteiger partial charge on any atom is -0.311 e. The van der Waals surface area contributed by atoms with E-state index < -0.39 is 0 Å². The van der Waals surface area contributed by atoms with Gasteiger partial charge in [-0.05, 0) is 54.3 Å². The van der Waals surface area contributed by atoms with Gasteiger partial charge < -0.3 is 4.90 Å². The van der Waals surface area contributed by atoms with Crippen LogP contribution in [0.5, 0.6) is 0 Å². The summed E-state index contributed by atoms with van der Waals surface area (Å²) in [4.78, 5) is 2.30. The zero-order valence-electron chi connectivity index (χ0n) is 15.0. The molecule has 1 nitrogen and oxygen atoms in total. The molecule has 0 radical (unpaired) electrons. The van der Waals surface area contributed by atoms with Gasteiger partial charge in [-0.3, -0.25) is 0 Å². The summed E-state index contributed by atoms with van der Waals surface area (Å²) < 4.78 is 0. The first kappa shape index (κ1) is 16.3. The topological polar surface area (TPSA) is 3.24 Å². The molecule has 0 aliphatic carbocycles. The lowest BCUT2D eigenvalue weighted by atomic mass is 9.87. The number of para-hydroxylation sites is 1. The van der Waals surface area contributed by atoms with Crippen molar-refractivity contribution in [1.82, 2.24) is 0 Å². The van der Waals surface area contributed by atoms with Gasteiger partial charge in [0.2, 0.25) is 0 Å². The van der Waals surface area contributed by atoms with Crippen LogP contribution < -0.4 is 4.90 Å². The minimum absolute atomic E-state index is 0.167. The lowest BCUT2D eigenvalue weighted by Gasteiger charge is -2.27. The Morgan fingerprint density at radius 1 is 0.583 bits per heavy atom. The summed E-state index contributed by atoms with van der Waals surface area (Å²) in [5, 5.41) is 0. The fraction of sp³-hybridized carbons (Fsp3) is 0.217. The molecule has 0 aromatic heterocycles. The number of aryl methyl sites for hydroxylation is 1. The van der Waals surface area contributed by atoms with Crippen molar-refractivity contribution in [2.75, 3.05) is 4.90 Å². The summed E-state index contributed by atoms with van der Waals surface area (Å²) in [6, 6.07) is 28.1. The highest BCUT2D eigenvalue weighted by molar-refractivity contribution is 5.76. The molecule has 3 rings (SSSR count). The summed E-state index contributed by atoms with van der Waals surface area (Å²) in [6.45, 7) is 8.86. The molecule has 0 spiro atoms. The SMILES string of the molecule is Cc1ccc(N(c2ccccc2)c2ccc(C(C)(C)C)cc2)cc1. The predicted molar refractivity (Wildman–Crippen MR) is 105 cm³/mol. The predicted octanol–water partition coefficient (Wildman–Crippen LogP) is 6.76. The number of nitrogens with zero attached hydrogens (tertiary/aromatic N) is 1. The van der Waals surface area contributed by atoms with Crippen molar-refractivity contribution in [2.45, 2.75) is 33.1 Å². The molecule has 0 aliphatic heterocycles. The highest BCUT2D eigenvalue weighted by atomic mass is 15.1. The first-order chi connectivity index (χ1) is 11.4. The Kier molecular flexibility index (Phi) is 4.44. The molecular formula is C23H25N. The molecular weight excluding hydrogens is 290 g/mol. The van der Waals surface area contributed by atoms with E-state index in [-0.39, 0.29) is 5.41 Å². The molecule has 0 heterocycles. The van der Waals surface area contributed by atoms with E-state index in [9.17, 15) is 0 Å². The number of anilines is 3. The zero-order valence-corrected chi connectivity index (χ0v) is 15.0. The first-order valence-electron chi connectivity index (χ1n) is 8.47. The average molecular weight is 315 g/mol. The first-order valence-corrected chi connectivity index (χ1v) is 8.47. The van der Waals surface area contributed by atoms with Crippen molar-refractivity contribution in [3.05, 3.63) is 90.0 Å². The molecule has 0 saturated heterocycles. The van der Waals surface area contributed by atoms with Crippen LogP contribution in [-0.4, -0.2) is 0 Å². The fourth-order valence-electron chi connectivity index (χ4n) is 2.83. The van der Waals surface area contributed by atoms with Gasteiger partial charge in [0, 0.05) is 17.1 Å². The lowest BCUT2D eigenvalue weighted by molar-refractivity contribution is 0.590. The minimum atomic E-state index is 0.167. The fourth-order valence-corrected chi connectivity index (χ4v) is 2.83. The van der Waals surface area contributed by atoms with Crippen LogP contribution in [0.3, 0.4) is 0 Å². The Bertz CT molecular complexity index is 778. The van der Waals surface area contributed by atoms with E-state index >= 15 is 0 Å². The maximum Gasteiger partial charge on any atom is 0.0461 e. The van der Waals surface area contributed by atoms with Gasteiger partial charge >= 0.3 is 0 Å². The molecule has 0 bridgehead atoms. The van der Waals surface area contributed by atoms with Crippen LogP contribution >= 0.6 is 0 Å². The van der Waals surface area contributed by atoms with Crippen LogP contribution in [0.4, 0.5) is 17.1 Å². The van der Waals surface area contributed by atoms with E-state index in [4.69, 9.17) is 0 Å². The molecule has 0 saturated carbocycles. The third-order valence-electron chi connectivity index (χ3n) is 4.30. The highest BCUT2D eigenvalue weighted by Gasteiger charge is 2.16. The van der Waals surface area contributed by atoms with Crippen molar-refractivity contribution >= 4 is 17.1 Å². The highest BCUT2D eigenvalue weighted by Crippen LogP contribution is 2.35. The second-order valence-electron chi connectivity index (χ2n) is 7.30. The van der Waals surface area contributed by atoms with Gasteiger partial charge in [-0.15, -0.1) is 0 Å². The second kappa shape index (κ2) is 6.52. The van der Waals surface area contributed by atoms with Gasteiger partial charge in [0.15, 0.2) is 0 Å². The molecule has 0 N–H and O–H groups in total. The standard InChI is InChI=1S/C23H25N/c1-18-10-14-21(15-11-18)24(20-8-6-5-7-9-20)22-16-12-19(13-17-22)23(2,3)4/h5-17H,1-4H3. The molecule has 3 aromatic carbocycles. The Morgan fingerprint density at radius 3 is 1.54 bits per heavy atom. The van der Waals surface area contributed by atoms with Crippen LogP contribution in [0, 0.1) is 6.92 Å². The Balaban J connectivity index is 2.06. The maximum absolute atomic E-state index is 2.30. The van der Waals surface area contributed by atoms with Crippen LogP contribution in [0.2, 0.25) is 0 Å². The van der Waals surface area contributed by atoms with Gasteiger partial charge in [0.25, 0.3) is 0 Å². The number of benzene rings is 3. The monoisotopic (exact) mass is 315 g/mol. The van der Waals surface area contributed by atoms with Gasteiger partial charge in [-0.1, -0.05) is 68.8 Å². The summed E-state index contributed by atoms with van der Waals surface area (Å²) in [5.41, 5.74) is 6.32. The molecule has 0 unspecified atom stereocenters. The second-order valence-corrected chi connectivity index (χ2v) is 7.30. The molecule has 0 fully saturated rings. The Hall–Kier alpha value is -2.54. The van der Waals surface area contributed by atoms with Crippen LogP contribution in [0.15, 0.2) is 78.9 Å². The van der Waals surface area contributed by atoms with E-state index in [0.29, 0.717) is 0 Å². The van der Waals surface area contributed by atoms with Gasteiger partial charge in [0.05, 0.1) is 0 Å². The van der Waals surface area contributed by atoms with E-state index in [1.165, 1.54) is 28.2 Å². The Labute approximate surface area is 145 Å². The normalized spacial score (nSPS) is 11.3. The molecule has 122 valence electrons. The van der Waals surface area contributed by atoms with E-state index in [1.54, 1.807) is 0 Å². The smallest absolute Gasteiger partial charge is 0.0461 e. The maximum atomic E-state index is 2.30. The number of hydrogen-bond donors (Lipinski definition) is 0.